The predicted molar refractivity (Wildman–Crippen MR) is 64.0 cm³/mol. The maximum absolute atomic E-state index is 11.6. The second-order valence-electron chi connectivity index (χ2n) is 4.17. The Labute approximate surface area is 103 Å². The standard InChI is InChI=1S/C14H10O4/c15-13(16)14(18-17)11-7-3-1-5-9(11)10-6-2-4-8-12(10)14/h1-8,17H,(H,15,16). The molecule has 0 spiro atoms. The highest BCUT2D eigenvalue weighted by molar-refractivity contribution is 5.95. The molecule has 0 saturated heterocycles. The van der Waals surface area contributed by atoms with E-state index in [1.54, 1.807) is 24.3 Å². The van der Waals surface area contributed by atoms with E-state index in [0.29, 0.717) is 11.1 Å². The molecule has 0 heterocycles. The smallest absolute Gasteiger partial charge is 0.348 e. The molecule has 2 aromatic rings. The minimum Gasteiger partial charge on any atom is -0.478 e. The summed E-state index contributed by atoms with van der Waals surface area (Å²) in [6, 6.07) is 14.0. The van der Waals surface area contributed by atoms with Crippen LogP contribution in [-0.4, -0.2) is 16.3 Å². The Hall–Kier alpha value is -2.17. The summed E-state index contributed by atoms with van der Waals surface area (Å²) >= 11 is 0. The third-order valence-corrected chi connectivity index (χ3v) is 3.34. The molecule has 0 radical (unpaired) electrons. The molecule has 90 valence electrons. The highest BCUT2D eigenvalue weighted by Gasteiger charge is 2.51. The molecule has 0 fully saturated rings. The van der Waals surface area contributed by atoms with Crippen LogP contribution < -0.4 is 0 Å². The van der Waals surface area contributed by atoms with Crippen molar-refractivity contribution in [1.29, 1.82) is 0 Å². The van der Waals surface area contributed by atoms with Gasteiger partial charge in [-0.05, 0) is 11.1 Å². The summed E-state index contributed by atoms with van der Waals surface area (Å²) in [6.45, 7) is 0. The summed E-state index contributed by atoms with van der Waals surface area (Å²) in [5, 5.41) is 18.7. The molecule has 0 amide bonds. The molecule has 1 aliphatic carbocycles. The summed E-state index contributed by atoms with van der Waals surface area (Å²) in [7, 11) is 0. The summed E-state index contributed by atoms with van der Waals surface area (Å²) < 4.78 is 0. The molecule has 2 N–H and O–H groups in total. The van der Waals surface area contributed by atoms with Crippen LogP contribution in [0, 0.1) is 0 Å². The second kappa shape index (κ2) is 3.66. The lowest BCUT2D eigenvalue weighted by atomic mass is 9.92. The van der Waals surface area contributed by atoms with Crippen LogP contribution in [0.15, 0.2) is 48.5 Å². The predicted octanol–water partition coefficient (Wildman–Crippen LogP) is 2.48. The van der Waals surface area contributed by atoms with Crippen molar-refractivity contribution in [2.24, 2.45) is 0 Å². The Morgan fingerprint density at radius 3 is 1.78 bits per heavy atom. The highest BCUT2D eigenvalue weighted by atomic mass is 17.1. The molecule has 18 heavy (non-hydrogen) atoms. The van der Waals surface area contributed by atoms with Gasteiger partial charge in [0, 0.05) is 11.1 Å². The van der Waals surface area contributed by atoms with Crippen molar-refractivity contribution in [3.05, 3.63) is 59.7 Å². The van der Waals surface area contributed by atoms with Crippen LogP contribution in [0.5, 0.6) is 0 Å². The average molecular weight is 242 g/mol. The first-order valence-electron chi connectivity index (χ1n) is 5.47. The van der Waals surface area contributed by atoms with Crippen LogP contribution in [0.2, 0.25) is 0 Å². The fourth-order valence-corrected chi connectivity index (χ4v) is 2.56. The van der Waals surface area contributed by atoms with Gasteiger partial charge in [-0.3, -0.25) is 0 Å². The minimum atomic E-state index is -1.83. The van der Waals surface area contributed by atoms with Crippen molar-refractivity contribution in [2.75, 3.05) is 0 Å². The van der Waals surface area contributed by atoms with E-state index in [1.165, 1.54) is 0 Å². The fraction of sp³-hybridized carbons (Fsp3) is 0.0714. The number of carboxylic acids is 1. The maximum atomic E-state index is 11.6. The van der Waals surface area contributed by atoms with Crippen LogP contribution in [0.25, 0.3) is 11.1 Å². The number of rotatable bonds is 2. The Morgan fingerprint density at radius 1 is 0.944 bits per heavy atom. The fourth-order valence-electron chi connectivity index (χ4n) is 2.56. The second-order valence-corrected chi connectivity index (χ2v) is 4.17. The summed E-state index contributed by atoms with van der Waals surface area (Å²) in [5.74, 6) is -1.23. The van der Waals surface area contributed by atoms with Gasteiger partial charge in [0.25, 0.3) is 5.60 Å². The number of aliphatic carboxylic acids is 1. The zero-order chi connectivity index (χ0) is 12.8. The lowest BCUT2D eigenvalue weighted by Crippen LogP contribution is -2.37. The zero-order valence-electron chi connectivity index (χ0n) is 9.33. The number of hydrogen-bond acceptors (Lipinski definition) is 3. The highest BCUT2D eigenvalue weighted by Crippen LogP contribution is 2.49. The quantitative estimate of drug-likeness (QED) is 0.627. The third kappa shape index (κ3) is 1.13. The topological polar surface area (TPSA) is 66.8 Å². The molecule has 0 aliphatic heterocycles. The molecule has 1 aliphatic rings. The number of fused-ring (bicyclic) bond motifs is 3. The summed E-state index contributed by atoms with van der Waals surface area (Å²) in [6.07, 6.45) is 0. The van der Waals surface area contributed by atoms with Crippen molar-refractivity contribution in [2.45, 2.75) is 5.60 Å². The van der Waals surface area contributed by atoms with Crippen molar-refractivity contribution in [1.82, 2.24) is 0 Å². The Kier molecular flexibility index (Phi) is 2.23. The molecule has 0 atom stereocenters. The first-order chi connectivity index (χ1) is 8.71. The van der Waals surface area contributed by atoms with Crippen molar-refractivity contribution < 1.29 is 20.0 Å². The van der Waals surface area contributed by atoms with Gasteiger partial charge in [-0.15, -0.1) is 0 Å². The minimum absolute atomic E-state index is 0.446. The molecule has 0 bridgehead atoms. The average Bonchev–Trinajstić information content (AvgIpc) is 2.70. The normalized spacial score (nSPS) is 14.9. The Balaban J connectivity index is 2.43. The third-order valence-electron chi connectivity index (χ3n) is 3.34. The van der Waals surface area contributed by atoms with E-state index >= 15 is 0 Å². The van der Waals surface area contributed by atoms with E-state index in [2.05, 4.69) is 4.89 Å². The number of benzene rings is 2. The molecule has 0 unspecified atom stereocenters. The Morgan fingerprint density at radius 2 is 1.39 bits per heavy atom. The van der Waals surface area contributed by atoms with Crippen LogP contribution >= 0.6 is 0 Å². The summed E-state index contributed by atoms with van der Waals surface area (Å²) in [4.78, 5) is 16.0. The first-order valence-corrected chi connectivity index (χ1v) is 5.47. The zero-order valence-corrected chi connectivity index (χ0v) is 9.33. The van der Waals surface area contributed by atoms with E-state index < -0.39 is 11.6 Å². The van der Waals surface area contributed by atoms with E-state index in [1.807, 2.05) is 24.3 Å². The van der Waals surface area contributed by atoms with Crippen molar-refractivity contribution >= 4 is 5.97 Å². The maximum Gasteiger partial charge on any atom is 0.348 e. The van der Waals surface area contributed by atoms with Gasteiger partial charge in [0.2, 0.25) is 0 Å². The van der Waals surface area contributed by atoms with E-state index in [0.717, 1.165) is 11.1 Å². The molecular formula is C14H10O4. The molecule has 4 nitrogen and oxygen atoms in total. The van der Waals surface area contributed by atoms with Crippen LogP contribution in [-0.2, 0) is 15.3 Å². The summed E-state index contributed by atoms with van der Waals surface area (Å²) in [5.41, 5.74) is 0.601. The SMILES string of the molecule is O=C(O)C1(OO)c2ccccc2-c2ccccc21. The van der Waals surface area contributed by atoms with Gasteiger partial charge in [-0.1, -0.05) is 48.5 Å². The molecule has 3 rings (SSSR count). The largest absolute Gasteiger partial charge is 0.478 e. The monoisotopic (exact) mass is 242 g/mol. The number of carboxylic acid groups (broad SMARTS) is 1. The van der Waals surface area contributed by atoms with Crippen LogP contribution in [0.4, 0.5) is 0 Å². The van der Waals surface area contributed by atoms with Gasteiger partial charge >= 0.3 is 5.97 Å². The lowest BCUT2D eigenvalue weighted by molar-refractivity contribution is -0.308. The number of carbonyl (C=O) groups is 1. The Bertz CT molecular complexity index is 588. The van der Waals surface area contributed by atoms with Crippen molar-refractivity contribution in [3.63, 3.8) is 0 Å². The van der Waals surface area contributed by atoms with Gasteiger partial charge in [0.15, 0.2) is 0 Å². The van der Waals surface area contributed by atoms with Crippen LogP contribution in [0.3, 0.4) is 0 Å². The molecule has 0 aromatic heterocycles. The molecule has 4 heteroatoms. The molecule has 0 saturated carbocycles. The number of hydrogen-bond donors (Lipinski definition) is 2. The van der Waals surface area contributed by atoms with Crippen LogP contribution in [0.1, 0.15) is 11.1 Å². The van der Waals surface area contributed by atoms with Gasteiger partial charge < -0.3 is 5.11 Å². The first kappa shape index (κ1) is 11.0. The lowest BCUT2D eigenvalue weighted by Gasteiger charge is -2.22. The van der Waals surface area contributed by atoms with Gasteiger partial charge in [-0.2, -0.15) is 0 Å². The molecule has 2 aromatic carbocycles. The van der Waals surface area contributed by atoms with E-state index in [9.17, 15) is 15.2 Å². The van der Waals surface area contributed by atoms with Gasteiger partial charge in [0.1, 0.15) is 0 Å². The van der Waals surface area contributed by atoms with E-state index in [-0.39, 0.29) is 0 Å². The molecular weight excluding hydrogens is 232 g/mol. The van der Waals surface area contributed by atoms with Crippen molar-refractivity contribution in [3.8, 4) is 11.1 Å². The van der Waals surface area contributed by atoms with Gasteiger partial charge in [0.05, 0.1) is 0 Å². The van der Waals surface area contributed by atoms with E-state index in [4.69, 9.17) is 0 Å². The van der Waals surface area contributed by atoms with Gasteiger partial charge in [-0.25, -0.2) is 14.9 Å².